The van der Waals surface area contributed by atoms with Gasteiger partial charge in [-0.25, -0.2) is 0 Å². The lowest BCUT2D eigenvalue weighted by molar-refractivity contribution is -0.120. The zero-order valence-electron chi connectivity index (χ0n) is 13.9. The van der Waals surface area contributed by atoms with Gasteiger partial charge in [-0.05, 0) is 38.5 Å². The van der Waals surface area contributed by atoms with Gasteiger partial charge in [0, 0.05) is 30.1 Å². The van der Waals surface area contributed by atoms with Crippen molar-refractivity contribution in [1.29, 1.82) is 0 Å². The standard InChI is InChI=1S/C17H26N2O2S/c1-12-13(2)22-16(19(12)9-10-21-3)18-15(20)14-11-17(14)7-5-4-6-8-17/h14H,4-11H2,1-3H3/t14-/m1/s1. The van der Waals surface area contributed by atoms with Crippen molar-refractivity contribution in [2.75, 3.05) is 13.7 Å². The molecule has 1 aromatic rings. The zero-order valence-corrected chi connectivity index (χ0v) is 14.7. The van der Waals surface area contributed by atoms with E-state index in [1.165, 1.54) is 42.7 Å². The number of rotatable bonds is 4. The molecule has 0 N–H and O–H groups in total. The van der Waals surface area contributed by atoms with Crippen molar-refractivity contribution in [3.8, 4) is 0 Å². The molecule has 2 aliphatic carbocycles. The summed E-state index contributed by atoms with van der Waals surface area (Å²) in [5, 5.41) is 0. The van der Waals surface area contributed by atoms with Crippen LogP contribution in [0, 0.1) is 25.2 Å². The number of carbonyl (C=O) groups is 1. The van der Waals surface area contributed by atoms with E-state index >= 15 is 0 Å². The van der Waals surface area contributed by atoms with Crippen LogP contribution in [0.3, 0.4) is 0 Å². The molecule has 2 fully saturated rings. The van der Waals surface area contributed by atoms with E-state index in [4.69, 9.17) is 4.74 Å². The summed E-state index contributed by atoms with van der Waals surface area (Å²) in [5.41, 5.74) is 1.51. The molecule has 1 spiro atoms. The molecule has 2 saturated carbocycles. The Hall–Kier alpha value is -0.940. The first-order chi connectivity index (χ1) is 10.6. The average molecular weight is 322 g/mol. The molecule has 4 nitrogen and oxygen atoms in total. The molecule has 1 heterocycles. The summed E-state index contributed by atoms with van der Waals surface area (Å²) in [5.74, 6) is 0.292. The van der Waals surface area contributed by atoms with Crippen molar-refractivity contribution >= 4 is 17.2 Å². The molecule has 2 aliphatic rings. The minimum atomic E-state index is 0.106. The van der Waals surface area contributed by atoms with Crippen molar-refractivity contribution in [3.63, 3.8) is 0 Å². The topological polar surface area (TPSA) is 43.6 Å². The number of carbonyl (C=O) groups excluding carboxylic acids is 1. The van der Waals surface area contributed by atoms with E-state index in [1.54, 1.807) is 18.4 Å². The molecule has 0 aromatic carbocycles. The van der Waals surface area contributed by atoms with Crippen molar-refractivity contribution in [2.45, 2.75) is 58.9 Å². The molecule has 22 heavy (non-hydrogen) atoms. The molecule has 0 bridgehead atoms. The number of aromatic nitrogens is 1. The largest absolute Gasteiger partial charge is 0.383 e. The molecule has 1 aromatic heterocycles. The number of methoxy groups -OCH3 is 1. The van der Waals surface area contributed by atoms with E-state index < -0.39 is 0 Å². The number of hydrogen-bond donors (Lipinski definition) is 0. The Balaban J connectivity index is 1.80. The van der Waals surface area contributed by atoms with Crippen LogP contribution in [0.5, 0.6) is 0 Å². The van der Waals surface area contributed by atoms with Gasteiger partial charge < -0.3 is 9.30 Å². The maximum atomic E-state index is 12.6. The maximum absolute atomic E-state index is 12.6. The van der Waals surface area contributed by atoms with Gasteiger partial charge in [0.15, 0.2) is 4.80 Å². The third kappa shape index (κ3) is 2.93. The fourth-order valence-corrected chi connectivity index (χ4v) is 4.81. The van der Waals surface area contributed by atoms with Crippen LogP contribution in [0.2, 0.25) is 0 Å². The van der Waals surface area contributed by atoms with Crippen LogP contribution in [-0.2, 0) is 16.1 Å². The molecule has 1 atom stereocenters. The van der Waals surface area contributed by atoms with Crippen LogP contribution >= 0.6 is 11.3 Å². The lowest BCUT2D eigenvalue weighted by Crippen LogP contribution is -2.22. The Kier molecular flexibility index (Phi) is 4.55. The summed E-state index contributed by atoms with van der Waals surface area (Å²) < 4.78 is 7.30. The Labute approximate surface area is 136 Å². The maximum Gasteiger partial charge on any atom is 0.252 e. The molecule has 122 valence electrons. The van der Waals surface area contributed by atoms with E-state index in [0.29, 0.717) is 12.0 Å². The Morgan fingerprint density at radius 2 is 2.09 bits per heavy atom. The average Bonchev–Trinajstić information content (AvgIpc) is 3.13. The summed E-state index contributed by atoms with van der Waals surface area (Å²) >= 11 is 1.62. The Morgan fingerprint density at radius 3 is 2.77 bits per heavy atom. The fourth-order valence-electron chi connectivity index (χ4n) is 3.81. The van der Waals surface area contributed by atoms with Crippen LogP contribution in [0.25, 0.3) is 0 Å². The SMILES string of the molecule is COCCn1c(C)c(C)sc1=NC(=O)[C@H]1CC12CCCCC2. The van der Waals surface area contributed by atoms with Crippen LogP contribution in [0.4, 0.5) is 0 Å². The smallest absolute Gasteiger partial charge is 0.252 e. The molecule has 1 amide bonds. The summed E-state index contributed by atoms with van der Waals surface area (Å²) in [7, 11) is 1.70. The zero-order chi connectivity index (χ0) is 15.7. The van der Waals surface area contributed by atoms with Gasteiger partial charge in [-0.1, -0.05) is 19.3 Å². The summed E-state index contributed by atoms with van der Waals surface area (Å²) in [6, 6.07) is 0. The highest BCUT2D eigenvalue weighted by Gasteiger charge is 2.57. The lowest BCUT2D eigenvalue weighted by atomic mass is 9.84. The van der Waals surface area contributed by atoms with Crippen molar-refractivity contribution in [2.24, 2.45) is 16.3 Å². The van der Waals surface area contributed by atoms with Gasteiger partial charge in [0.05, 0.1) is 6.61 Å². The van der Waals surface area contributed by atoms with Gasteiger partial charge in [0.2, 0.25) is 0 Å². The first kappa shape index (κ1) is 15.9. The molecule has 3 rings (SSSR count). The van der Waals surface area contributed by atoms with E-state index in [0.717, 1.165) is 17.8 Å². The van der Waals surface area contributed by atoms with E-state index in [2.05, 4.69) is 23.4 Å². The number of aryl methyl sites for hydroxylation is 1. The van der Waals surface area contributed by atoms with E-state index in [9.17, 15) is 4.79 Å². The van der Waals surface area contributed by atoms with Gasteiger partial charge >= 0.3 is 0 Å². The third-order valence-electron chi connectivity index (χ3n) is 5.45. The van der Waals surface area contributed by atoms with Crippen molar-refractivity contribution < 1.29 is 9.53 Å². The minimum absolute atomic E-state index is 0.106. The predicted molar refractivity (Wildman–Crippen MR) is 87.9 cm³/mol. The lowest BCUT2D eigenvalue weighted by Gasteiger charge is -2.21. The summed E-state index contributed by atoms with van der Waals surface area (Å²) in [6.07, 6.45) is 7.43. The highest BCUT2D eigenvalue weighted by atomic mass is 32.1. The van der Waals surface area contributed by atoms with E-state index in [1.807, 2.05) is 0 Å². The highest BCUT2D eigenvalue weighted by molar-refractivity contribution is 7.09. The van der Waals surface area contributed by atoms with Gasteiger partial charge in [0.1, 0.15) is 0 Å². The van der Waals surface area contributed by atoms with Gasteiger partial charge in [-0.2, -0.15) is 4.99 Å². The van der Waals surface area contributed by atoms with E-state index in [-0.39, 0.29) is 11.8 Å². The number of thiazole rings is 1. The van der Waals surface area contributed by atoms with Crippen molar-refractivity contribution in [1.82, 2.24) is 4.57 Å². The summed E-state index contributed by atoms with van der Waals surface area (Å²) in [4.78, 5) is 19.2. The van der Waals surface area contributed by atoms with Gasteiger partial charge in [-0.15, -0.1) is 11.3 Å². The molecular formula is C17H26N2O2S. The molecule has 0 unspecified atom stereocenters. The van der Waals surface area contributed by atoms with Crippen LogP contribution in [0.15, 0.2) is 4.99 Å². The third-order valence-corrected chi connectivity index (χ3v) is 6.55. The predicted octanol–water partition coefficient (Wildman–Crippen LogP) is 3.21. The minimum Gasteiger partial charge on any atom is -0.383 e. The second kappa shape index (κ2) is 6.28. The molecule has 0 radical (unpaired) electrons. The molecule has 0 aliphatic heterocycles. The van der Waals surface area contributed by atoms with Crippen molar-refractivity contribution in [3.05, 3.63) is 15.4 Å². The molecule has 5 heteroatoms. The Morgan fingerprint density at radius 1 is 1.36 bits per heavy atom. The molecular weight excluding hydrogens is 296 g/mol. The normalized spacial score (nSPS) is 24.0. The number of ether oxygens (including phenoxy) is 1. The van der Waals surface area contributed by atoms with Gasteiger partial charge in [-0.3, -0.25) is 4.79 Å². The fraction of sp³-hybridized carbons (Fsp3) is 0.765. The first-order valence-electron chi connectivity index (χ1n) is 8.32. The number of hydrogen-bond acceptors (Lipinski definition) is 3. The van der Waals surface area contributed by atoms with Crippen LogP contribution < -0.4 is 4.80 Å². The van der Waals surface area contributed by atoms with Crippen LogP contribution in [-0.4, -0.2) is 24.2 Å². The van der Waals surface area contributed by atoms with Gasteiger partial charge in [0.25, 0.3) is 5.91 Å². The second-order valence-electron chi connectivity index (χ2n) is 6.80. The first-order valence-corrected chi connectivity index (χ1v) is 9.13. The highest BCUT2D eigenvalue weighted by Crippen LogP contribution is 2.61. The quantitative estimate of drug-likeness (QED) is 0.854. The number of amides is 1. The number of nitrogens with zero attached hydrogens (tertiary/aromatic N) is 2. The monoisotopic (exact) mass is 322 g/mol. The second-order valence-corrected chi connectivity index (χ2v) is 7.98. The Bertz CT molecular complexity index is 623. The van der Waals surface area contributed by atoms with Crippen LogP contribution in [0.1, 0.15) is 49.1 Å². The summed E-state index contributed by atoms with van der Waals surface area (Å²) in [6.45, 7) is 5.58. The molecule has 0 saturated heterocycles.